The molecule has 7 heteroatoms. The van der Waals surface area contributed by atoms with Crippen LogP contribution in [-0.4, -0.2) is 41.9 Å². The molecule has 1 aliphatic heterocycles. The van der Waals surface area contributed by atoms with Gasteiger partial charge in [-0.2, -0.15) is 0 Å². The first-order chi connectivity index (χ1) is 9.13. The van der Waals surface area contributed by atoms with Crippen LogP contribution in [-0.2, 0) is 4.79 Å². The van der Waals surface area contributed by atoms with Crippen LogP contribution in [0.4, 0.5) is 0 Å². The highest BCUT2D eigenvalue weighted by Gasteiger charge is 2.31. The molecular weight excluding hydrogens is 298 g/mol. The van der Waals surface area contributed by atoms with Gasteiger partial charge in [-0.3, -0.25) is 9.59 Å². The van der Waals surface area contributed by atoms with Crippen molar-refractivity contribution in [3.63, 3.8) is 0 Å². The van der Waals surface area contributed by atoms with Gasteiger partial charge >= 0.3 is 0 Å². The quantitative estimate of drug-likeness (QED) is 0.877. The van der Waals surface area contributed by atoms with E-state index in [2.05, 4.69) is 5.32 Å². The van der Waals surface area contributed by atoms with Crippen LogP contribution in [0.15, 0.2) is 17.5 Å². The first kappa shape index (κ1) is 16.9. The fraction of sp³-hybridized carbons (Fsp3) is 0.538. The lowest BCUT2D eigenvalue weighted by atomic mass is 10.2. The number of halogens is 1. The maximum absolute atomic E-state index is 12.3. The summed E-state index contributed by atoms with van der Waals surface area (Å²) in [7, 11) is 0. The summed E-state index contributed by atoms with van der Waals surface area (Å²) in [6.07, 6.45) is 1.94. The summed E-state index contributed by atoms with van der Waals surface area (Å²) < 4.78 is 0. The van der Waals surface area contributed by atoms with Crippen LogP contribution in [0.2, 0.25) is 0 Å². The average molecular weight is 318 g/mol. The monoisotopic (exact) mass is 317 g/mol. The van der Waals surface area contributed by atoms with Gasteiger partial charge in [-0.05, 0) is 31.2 Å². The predicted molar refractivity (Wildman–Crippen MR) is 82.3 cm³/mol. The Morgan fingerprint density at radius 3 is 2.95 bits per heavy atom. The molecule has 0 radical (unpaired) electrons. The summed E-state index contributed by atoms with van der Waals surface area (Å²) in [4.78, 5) is 26.6. The van der Waals surface area contributed by atoms with Crippen molar-refractivity contribution in [3.8, 4) is 0 Å². The van der Waals surface area contributed by atoms with Gasteiger partial charge in [-0.1, -0.05) is 6.07 Å². The minimum Gasteiger partial charge on any atom is -0.340 e. The van der Waals surface area contributed by atoms with Gasteiger partial charge in [-0.15, -0.1) is 23.7 Å². The number of thiophene rings is 1. The molecule has 0 spiro atoms. The Morgan fingerprint density at radius 1 is 1.60 bits per heavy atom. The number of nitrogens with zero attached hydrogens (tertiary/aromatic N) is 1. The van der Waals surface area contributed by atoms with Crippen LogP contribution in [0.5, 0.6) is 0 Å². The second kappa shape index (κ2) is 7.61. The van der Waals surface area contributed by atoms with Gasteiger partial charge in [0.05, 0.1) is 4.88 Å². The summed E-state index contributed by atoms with van der Waals surface area (Å²) >= 11 is 1.37. The Balaban J connectivity index is 0.00000200. The molecular formula is C13H20ClN3O2S. The van der Waals surface area contributed by atoms with E-state index in [-0.39, 0.29) is 30.3 Å². The molecule has 1 aromatic rings. The van der Waals surface area contributed by atoms with E-state index in [0.29, 0.717) is 11.4 Å². The summed E-state index contributed by atoms with van der Waals surface area (Å²) in [5.41, 5.74) is 5.66. The number of rotatable bonds is 4. The van der Waals surface area contributed by atoms with E-state index in [9.17, 15) is 9.59 Å². The van der Waals surface area contributed by atoms with Crippen molar-refractivity contribution < 1.29 is 9.59 Å². The van der Waals surface area contributed by atoms with Crippen LogP contribution in [0.3, 0.4) is 0 Å². The van der Waals surface area contributed by atoms with Gasteiger partial charge in [0.15, 0.2) is 0 Å². The molecule has 1 aromatic heterocycles. The zero-order valence-corrected chi connectivity index (χ0v) is 13.0. The third kappa shape index (κ3) is 3.71. The van der Waals surface area contributed by atoms with E-state index in [0.717, 1.165) is 19.4 Å². The SMILES string of the molecule is CC(NC(=O)c1cccs1)C(=O)N1CCCC1CN.Cl. The normalized spacial score (nSPS) is 19.3. The highest BCUT2D eigenvalue weighted by Crippen LogP contribution is 2.17. The van der Waals surface area contributed by atoms with Crippen LogP contribution in [0, 0.1) is 0 Å². The third-order valence-electron chi connectivity index (χ3n) is 3.40. The molecule has 2 rings (SSSR count). The summed E-state index contributed by atoms with van der Waals surface area (Å²) in [6.45, 7) is 2.94. The molecule has 2 atom stereocenters. The zero-order valence-electron chi connectivity index (χ0n) is 11.4. The molecule has 0 aromatic carbocycles. The first-order valence-electron chi connectivity index (χ1n) is 6.48. The largest absolute Gasteiger partial charge is 0.340 e. The van der Waals surface area contributed by atoms with E-state index >= 15 is 0 Å². The second-order valence-corrected chi connectivity index (χ2v) is 5.68. The maximum atomic E-state index is 12.3. The Hall–Kier alpha value is -1.11. The standard InChI is InChI=1S/C13H19N3O2S.ClH/c1-9(15-12(17)11-5-3-7-19-11)13(18)16-6-2-4-10(16)8-14;/h3,5,7,9-10H,2,4,6,8,14H2,1H3,(H,15,17);1H. The number of nitrogens with one attached hydrogen (secondary N) is 1. The third-order valence-corrected chi connectivity index (χ3v) is 4.26. The molecule has 1 aliphatic rings. The average Bonchev–Trinajstić information content (AvgIpc) is 3.08. The van der Waals surface area contributed by atoms with Gasteiger partial charge in [0.25, 0.3) is 5.91 Å². The fourth-order valence-electron chi connectivity index (χ4n) is 2.36. The van der Waals surface area contributed by atoms with Crippen molar-refractivity contribution in [2.45, 2.75) is 31.8 Å². The first-order valence-corrected chi connectivity index (χ1v) is 7.36. The van der Waals surface area contributed by atoms with Crippen molar-refractivity contribution in [1.82, 2.24) is 10.2 Å². The lowest BCUT2D eigenvalue weighted by molar-refractivity contribution is -0.133. The Bertz CT molecular complexity index is 452. The minimum atomic E-state index is -0.512. The molecule has 2 unspecified atom stereocenters. The van der Waals surface area contributed by atoms with E-state index in [1.807, 2.05) is 11.4 Å². The Kier molecular flexibility index (Phi) is 6.45. The Labute approximate surface area is 128 Å². The van der Waals surface area contributed by atoms with Crippen molar-refractivity contribution in [2.75, 3.05) is 13.1 Å². The summed E-state index contributed by atoms with van der Waals surface area (Å²) in [6, 6.07) is 3.17. The van der Waals surface area contributed by atoms with Crippen molar-refractivity contribution in [1.29, 1.82) is 0 Å². The van der Waals surface area contributed by atoms with Crippen LogP contribution < -0.4 is 11.1 Å². The topological polar surface area (TPSA) is 75.4 Å². The van der Waals surface area contributed by atoms with E-state index in [4.69, 9.17) is 5.73 Å². The Morgan fingerprint density at radius 2 is 2.35 bits per heavy atom. The highest BCUT2D eigenvalue weighted by atomic mass is 35.5. The fourth-order valence-corrected chi connectivity index (χ4v) is 2.98. The second-order valence-electron chi connectivity index (χ2n) is 4.74. The van der Waals surface area contributed by atoms with E-state index < -0.39 is 6.04 Å². The van der Waals surface area contributed by atoms with Crippen molar-refractivity contribution >= 4 is 35.6 Å². The number of amides is 2. The van der Waals surface area contributed by atoms with Gasteiger partial charge < -0.3 is 16.0 Å². The molecule has 5 nitrogen and oxygen atoms in total. The molecule has 20 heavy (non-hydrogen) atoms. The summed E-state index contributed by atoms with van der Waals surface area (Å²) in [5, 5.41) is 4.58. The smallest absolute Gasteiger partial charge is 0.261 e. The lowest BCUT2D eigenvalue weighted by Gasteiger charge is -2.26. The maximum Gasteiger partial charge on any atom is 0.261 e. The van der Waals surface area contributed by atoms with E-state index in [1.54, 1.807) is 17.9 Å². The van der Waals surface area contributed by atoms with Crippen LogP contribution in [0.25, 0.3) is 0 Å². The molecule has 1 fully saturated rings. The zero-order chi connectivity index (χ0) is 13.8. The number of carbonyl (C=O) groups is 2. The number of carbonyl (C=O) groups excluding carboxylic acids is 2. The van der Waals surface area contributed by atoms with Gasteiger partial charge in [0.1, 0.15) is 6.04 Å². The lowest BCUT2D eigenvalue weighted by Crippen LogP contribution is -2.50. The number of likely N-dealkylation sites (tertiary alicyclic amines) is 1. The van der Waals surface area contributed by atoms with Crippen molar-refractivity contribution in [2.24, 2.45) is 5.73 Å². The van der Waals surface area contributed by atoms with Crippen molar-refractivity contribution in [3.05, 3.63) is 22.4 Å². The molecule has 3 N–H and O–H groups in total. The molecule has 0 saturated carbocycles. The van der Waals surface area contributed by atoms with Crippen LogP contribution >= 0.6 is 23.7 Å². The summed E-state index contributed by atoms with van der Waals surface area (Å²) in [5.74, 6) is -0.239. The van der Waals surface area contributed by atoms with Gasteiger partial charge in [-0.25, -0.2) is 0 Å². The van der Waals surface area contributed by atoms with Crippen LogP contribution in [0.1, 0.15) is 29.4 Å². The van der Waals surface area contributed by atoms with Gasteiger partial charge in [0, 0.05) is 19.1 Å². The predicted octanol–water partition coefficient (Wildman–Crippen LogP) is 1.24. The molecule has 1 saturated heterocycles. The number of hydrogen-bond donors (Lipinski definition) is 2. The molecule has 0 bridgehead atoms. The van der Waals surface area contributed by atoms with Gasteiger partial charge in [0.2, 0.25) is 5.91 Å². The van der Waals surface area contributed by atoms with E-state index in [1.165, 1.54) is 11.3 Å². The molecule has 2 heterocycles. The molecule has 2 amide bonds. The highest BCUT2D eigenvalue weighted by molar-refractivity contribution is 7.12. The molecule has 112 valence electrons. The molecule has 0 aliphatic carbocycles. The number of nitrogens with two attached hydrogens (primary N) is 1. The number of hydrogen-bond acceptors (Lipinski definition) is 4. The minimum absolute atomic E-state index is 0.